The third-order valence-corrected chi connectivity index (χ3v) is 5.72. The quantitative estimate of drug-likeness (QED) is 0.612. The fourth-order valence-electron chi connectivity index (χ4n) is 2.38. The van der Waals surface area contributed by atoms with Crippen molar-refractivity contribution in [1.82, 2.24) is 9.21 Å². The molecule has 0 aromatic heterocycles. The molecule has 0 spiro atoms. The van der Waals surface area contributed by atoms with Crippen molar-refractivity contribution >= 4 is 28.1 Å². The van der Waals surface area contributed by atoms with E-state index in [0.29, 0.717) is 25.2 Å². The number of nitrogens with zero attached hydrogens (tertiary/aromatic N) is 3. The van der Waals surface area contributed by atoms with Crippen LogP contribution in [0.3, 0.4) is 0 Å². The van der Waals surface area contributed by atoms with Crippen molar-refractivity contribution in [1.29, 1.82) is 0 Å². The third kappa shape index (κ3) is 3.95. The topological polar surface area (TPSA) is 83.8 Å². The summed E-state index contributed by atoms with van der Waals surface area (Å²) in [7, 11) is -1.74. The van der Waals surface area contributed by atoms with Crippen LogP contribution in [0.5, 0.6) is 0 Å². The Kier molecular flexibility index (Phi) is 6.30. The number of sulfonamides is 1. The van der Waals surface area contributed by atoms with E-state index in [1.165, 1.54) is 16.4 Å². The van der Waals surface area contributed by atoms with Crippen LogP contribution in [-0.2, 0) is 10.0 Å². The number of nitro benzene ring substituents is 1. The Hall–Kier alpha value is -1.22. The molecule has 9 heteroatoms. The summed E-state index contributed by atoms with van der Waals surface area (Å²) in [5.41, 5.74) is 0.323. The van der Waals surface area contributed by atoms with Crippen LogP contribution in [0.25, 0.3) is 0 Å². The van der Waals surface area contributed by atoms with Gasteiger partial charge in [0.25, 0.3) is 5.69 Å². The first-order chi connectivity index (χ1) is 9.82. The van der Waals surface area contributed by atoms with Crippen LogP contribution in [0.1, 0.15) is 12.0 Å². The Labute approximate surface area is 136 Å². The molecule has 0 unspecified atom stereocenters. The van der Waals surface area contributed by atoms with Gasteiger partial charge in [0.15, 0.2) is 0 Å². The molecule has 7 nitrogen and oxygen atoms in total. The lowest BCUT2D eigenvalue weighted by Gasteiger charge is -2.21. The number of nitro groups is 1. The van der Waals surface area contributed by atoms with Crippen LogP contribution in [0.15, 0.2) is 23.1 Å². The molecule has 0 bridgehead atoms. The number of benzene rings is 1. The van der Waals surface area contributed by atoms with Crippen molar-refractivity contribution in [3.63, 3.8) is 0 Å². The monoisotopic (exact) mass is 349 g/mol. The van der Waals surface area contributed by atoms with Gasteiger partial charge in [0.2, 0.25) is 10.0 Å². The van der Waals surface area contributed by atoms with Gasteiger partial charge in [0.1, 0.15) is 0 Å². The summed E-state index contributed by atoms with van der Waals surface area (Å²) in [4.78, 5) is 12.4. The summed E-state index contributed by atoms with van der Waals surface area (Å²) < 4.78 is 26.9. The van der Waals surface area contributed by atoms with Gasteiger partial charge in [-0.05, 0) is 32.5 Å². The summed E-state index contributed by atoms with van der Waals surface area (Å²) in [6.07, 6.45) is 0.754. The number of rotatable bonds is 3. The van der Waals surface area contributed by atoms with E-state index >= 15 is 0 Å². The van der Waals surface area contributed by atoms with E-state index in [1.807, 2.05) is 7.05 Å². The Morgan fingerprint density at radius 1 is 1.18 bits per heavy atom. The predicted molar refractivity (Wildman–Crippen MR) is 86.0 cm³/mol. The molecular formula is C13H20ClN3O4S. The first-order valence-electron chi connectivity index (χ1n) is 6.76. The maximum atomic E-state index is 12.7. The molecule has 0 N–H and O–H groups in total. The van der Waals surface area contributed by atoms with Gasteiger partial charge in [-0.2, -0.15) is 4.31 Å². The lowest BCUT2D eigenvalue weighted by Crippen LogP contribution is -2.34. The highest BCUT2D eigenvalue weighted by atomic mass is 35.5. The summed E-state index contributed by atoms with van der Waals surface area (Å²) in [6, 6.07) is 3.96. The summed E-state index contributed by atoms with van der Waals surface area (Å²) in [5.74, 6) is 0. The highest BCUT2D eigenvalue weighted by Gasteiger charge is 2.28. The number of halogens is 1. The second-order valence-electron chi connectivity index (χ2n) is 5.27. The first kappa shape index (κ1) is 18.8. The number of hydrogen-bond donors (Lipinski definition) is 0. The van der Waals surface area contributed by atoms with E-state index in [-0.39, 0.29) is 23.0 Å². The van der Waals surface area contributed by atoms with E-state index in [2.05, 4.69) is 4.90 Å². The van der Waals surface area contributed by atoms with Gasteiger partial charge in [-0.15, -0.1) is 12.4 Å². The second-order valence-corrected chi connectivity index (χ2v) is 7.17. The molecule has 1 heterocycles. The van der Waals surface area contributed by atoms with Crippen LogP contribution in [0.4, 0.5) is 5.69 Å². The zero-order valence-electron chi connectivity index (χ0n) is 12.6. The maximum Gasteiger partial charge on any atom is 0.270 e. The number of non-ortho nitro benzene ring substituents is 1. The fourth-order valence-corrected chi connectivity index (χ4v) is 4.10. The van der Waals surface area contributed by atoms with Crippen LogP contribution in [0, 0.1) is 17.0 Å². The highest BCUT2D eigenvalue weighted by molar-refractivity contribution is 7.89. The molecule has 1 aliphatic heterocycles. The molecule has 0 amide bonds. The van der Waals surface area contributed by atoms with Crippen LogP contribution < -0.4 is 0 Å². The Morgan fingerprint density at radius 3 is 2.50 bits per heavy atom. The Bertz CT molecular complexity index is 651. The normalized spacial score (nSPS) is 17.5. The molecule has 0 radical (unpaired) electrons. The smallest absolute Gasteiger partial charge is 0.270 e. The average Bonchev–Trinajstić information content (AvgIpc) is 2.64. The van der Waals surface area contributed by atoms with E-state index in [4.69, 9.17) is 0 Å². The number of likely N-dealkylation sites (N-methyl/N-ethyl adjacent to an activating group) is 1. The summed E-state index contributed by atoms with van der Waals surface area (Å²) >= 11 is 0. The summed E-state index contributed by atoms with van der Waals surface area (Å²) in [6.45, 7) is 4.00. The average molecular weight is 350 g/mol. The van der Waals surface area contributed by atoms with Crippen molar-refractivity contribution < 1.29 is 13.3 Å². The maximum absolute atomic E-state index is 12.7. The van der Waals surface area contributed by atoms with Crippen molar-refractivity contribution in [2.45, 2.75) is 18.2 Å². The molecule has 1 aromatic carbocycles. The summed E-state index contributed by atoms with van der Waals surface area (Å²) in [5, 5.41) is 10.9. The lowest BCUT2D eigenvalue weighted by atomic mass is 10.2. The van der Waals surface area contributed by atoms with Gasteiger partial charge in [-0.1, -0.05) is 6.07 Å². The van der Waals surface area contributed by atoms with Crippen molar-refractivity contribution in [2.75, 3.05) is 33.2 Å². The van der Waals surface area contributed by atoms with Crippen molar-refractivity contribution in [3.05, 3.63) is 33.9 Å². The molecular weight excluding hydrogens is 330 g/mol. The minimum atomic E-state index is -3.69. The van der Waals surface area contributed by atoms with Gasteiger partial charge in [-0.3, -0.25) is 10.1 Å². The predicted octanol–water partition coefficient (Wildman–Crippen LogP) is 1.65. The molecule has 124 valence electrons. The van der Waals surface area contributed by atoms with Gasteiger partial charge in [0.05, 0.1) is 9.82 Å². The zero-order chi connectivity index (χ0) is 15.6. The van der Waals surface area contributed by atoms with E-state index < -0.39 is 14.9 Å². The molecule has 1 aromatic rings. The van der Waals surface area contributed by atoms with Crippen LogP contribution in [0.2, 0.25) is 0 Å². The number of hydrogen-bond acceptors (Lipinski definition) is 5. The van der Waals surface area contributed by atoms with Gasteiger partial charge < -0.3 is 4.90 Å². The second kappa shape index (κ2) is 7.36. The van der Waals surface area contributed by atoms with E-state index in [9.17, 15) is 18.5 Å². The molecule has 1 fully saturated rings. The minimum Gasteiger partial charge on any atom is -0.305 e. The van der Waals surface area contributed by atoms with Crippen molar-refractivity contribution in [3.8, 4) is 0 Å². The van der Waals surface area contributed by atoms with Crippen LogP contribution >= 0.6 is 12.4 Å². The lowest BCUT2D eigenvalue weighted by molar-refractivity contribution is -0.385. The molecule has 0 aliphatic carbocycles. The van der Waals surface area contributed by atoms with Crippen LogP contribution in [-0.4, -0.2) is 55.8 Å². The molecule has 0 atom stereocenters. The molecule has 1 saturated heterocycles. The largest absolute Gasteiger partial charge is 0.305 e. The van der Waals surface area contributed by atoms with Gasteiger partial charge in [0, 0.05) is 31.8 Å². The number of aryl methyl sites for hydroxylation is 1. The van der Waals surface area contributed by atoms with Crippen molar-refractivity contribution in [2.24, 2.45) is 0 Å². The fraction of sp³-hybridized carbons (Fsp3) is 0.538. The molecule has 0 saturated carbocycles. The zero-order valence-corrected chi connectivity index (χ0v) is 14.2. The van der Waals surface area contributed by atoms with Gasteiger partial charge >= 0.3 is 0 Å². The molecule has 2 rings (SSSR count). The van der Waals surface area contributed by atoms with Gasteiger partial charge in [-0.25, -0.2) is 8.42 Å². The Balaban J connectivity index is 0.00000242. The first-order valence-corrected chi connectivity index (χ1v) is 8.20. The molecule has 22 heavy (non-hydrogen) atoms. The molecule has 1 aliphatic rings. The minimum absolute atomic E-state index is 0. The van der Waals surface area contributed by atoms with E-state index in [0.717, 1.165) is 19.0 Å². The standard InChI is InChI=1S/C13H19N3O4S.ClH/c1-11-4-5-12(16(17)18)10-13(11)21(19,20)15-7-3-6-14(2)8-9-15;/h4-5,10H,3,6-9H2,1-2H3;1H. The van der Waals surface area contributed by atoms with E-state index in [1.54, 1.807) is 6.92 Å². The Morgan fingerprint density at radius 2 is 1.86 bits per heavy atom. The SMILES string of the molecule is Cc1ccc([N+](=O)[O-])cc1S(=O)(=O)N1CCCN(C)CC1.Cl. The third-order valence-electron chi connectivity index (χ3n) is 3.68. The highest BCUT2D eigenvalue weighted by Crippen LogP contribution is 2.25.